The summed E-state index contributed by atoms with van der Waals surface area (Å²) in [5.41, 5.74) is 4.42. The number of hydroxylamine groups is 2. The third kappa shape index (κ3) is 6.85. The Morgan fingerprint density at radius 3 is 2.17 bits per heavy atom. The second-order valence-electron chi connectivity index (χ2n) is 8.64. The van der Waals surface area contributed by atoms with Crippen molar-refractivity contribution in [1.82, 2.24) is 9.96 Å². The molecule has 0 spiro atoms. The summed E-state index contributed by atoms with van der Waals surface area (Å²) >= 11 is 0. The molecule has 3 rings (SSSR count). The summed E-state index contributed by atoms with van der Waals surface area (Å²) in [6.07, 6.45) is 7.80. The van der Waals surface area contributed by atoms with Crippen LogP contribution < -0.4 is 5.32 Å². The van der Waals surface area contributed by atoms with Crippen LogP contribution in [0.1, 0.15) is 62.0 Å². The lowest BCUT2D eigenvalue weighted by molar-refractivity contribution is -0.168. The maximum absolute atomic E-state index is 12.0. The van der Waals surface area contributed by atoms with Gasteiger partial charge in [0.2, 0.25) is 5.91 Å². The average Bonchev–Trinajstić information content (AvgIpc) is 2.76. The van der Waals surface area contributed by atoms with Crippen molar-refractivity contribution < 1.29 is 10.0 Å². The van der Waals surface area contributed by atoms with Gasteiger partial charge >= 0.3 is 0 Å². The molecule has 1 aliphatic rings. The first kappa shape index (κ1) is 22.3. The summed E-state index contributed by atoms with van der Waals surface area (Å²) in [5, 5.41) is 14.3. The predicted octanol–water partition coefficient (Wildman–Crippen LogP) is 5.54. The Bertz CT molecular complexity index is 781. The van der Waals surface area contributed by atoms with E-state index in [1.165, 1.54) is 37.7 Å². The van der Waals surface area contributed by atoms with E-state index in [4.69, 9.17) is 0 Å². The molecule has 0 atom stereocenters. The largest absolute Gasteiger partial charge is 0.356 e. The van der Waals surface area contributed by atoms with Crippen LogP contribution in [-0.2, 0) is 11.3 Å². The molecule has 1 amide bonds. The van der Waals surface area contributed by atoms with Crippen molar-refractivity contribution in [1.29, 1.82) is 0 Å². The van der Waals surface area contributed by atoms with Gasteiger partial charge in [-0.25, -0.2) is 5.06 Å². The smallest absolute Gasteiger partial charge is 0.246 e. The van der Waals surface area contributed by atoms with Gasteiger partial charge in [0.1, 0.15) is 0 Å². The molecule has 2 aromatic carbocycles. The highest BCUT2D eigenvalue weighted by Crippen LogP contribution is 2.33. The Morgan fingerprint density at radius 1 is 0.967 bits per heavy atom. The second kappa shape index (κ2) is 11.1. The number of anilines is 2. The Labute approximate surface area is 180 Å². The van der Waals surface area contributed by atoms with Crippen LogP contribution >= 0.6 is 0 Å². The van der Waals surface area contributed by atoms with Crippen molar-refractivity contribution in [3.05, 3.63) is 59.7 Å². The summed E-state index contributed by atoms with van der Waals surface area (Å²) in [6, 6.07) is 16.6. The fourth-order valence-electron chi connectivity index (χ4n) is 4.07. The number of benzene rings is 2. The van der Waals surface area contributed by atoms with Gasteiger partial charge in [0.05, 0.1) is 6.54 Å². The number of hydrogen-bond donors (Lipinski definition) is 2. The van der Waals surface area contributed by atoms with Gasteiger partial charge in [-0.1, -0.05) is 43.5 Å². The van der Waals surface area contributed by atoms with Crippen molar-refractivity contribution in [2.24, 2.45) is 0 Å². The van der Waals surface area contributed by atoms with Crippen molar-refractivity contribution >= 4 is 17.3 Å². The molecule has 0 aromatic heterocycles. The number of rotatable bonds is 9. The molecular formula is C25H35N3O2. The quantitative estimate of drug-likeness (QED) is 0.422. The Kier molecular flexibility index (Phi) is 8.29. The zero-order chi connectivity index (χ0) is 21.3. The number of carbonyl (C=O) groups excluding carboxylic acids is 1. The maximum atomic E-state index is 12.0. The van der Waals surface area contributed by atoms with Crippen LogP contribution in [0.15, 0.2) is 48.5 Å². The normalized spacial score (nSPS) is 14.7. The molecule has 5 heteroatoms. The van der Waals surface area contributed by atoms with Crippen LogP contribution in [0.2, 0.25) is 0 Å². The number of nitrogens with one attached hydrogen (secondary N) is 1. The SMILES string of the molecule is CN(C)CCCC(=O)N(O)Cc1ccc(Nc2ccc(C3CCCCC3)cc2)cc1. The van der Waals surface area contributed by atoms with Crippen LogP contribution in [0.5, 0.6) is 0 Å². The molecule has 5 nitrogen and oxygen atoms in total. The van der Waals surface area contributed by atoms with Crippen LogP contribution in [0.4, 0.5) is 11.4 Å². The summed E-state index contributed by atoms with van der Waals surface area (Å²) in [6.45, 7) is 1.04. The monoisotopic (exact) mass is 409 g/mol. The van der Waals surface area contributed by atoms with E-state index in [1.807, 2.05) is 43.3 Å². The van der Waals surface area contributed by atoms with Gasteiger partial charge in [-0.3, -0.25) is 10.0 Å². The third-order valence-electron chi connectivity index (χ3n) is 5.85. The molecule has 0 bridgehead atoms. The van der Waals surface area contributed by atoms with Gasteiger partial charge in [0, 0.05) is 17.8 Å². The average molecular weight is 410 g/mol. The standard InChI is InChI=1S/C25H35N3O2/c1-27(2)18-6-9-25(29)28(30)19-20-10-14-23(15-11-20)26-24-16-12-22(13-17-24)21-7-4-3-5-8-21/h10-17,21,26,30H,3-9,18-19H2,1-2H3. The molecule has 1 aliphatic carbocycles. The Morgan fingerprint density at radius 2 is 1.57 bits per heavy atom. The minimum Gasteiger partial charge on any atom is -0.356 e. The second-order valence-corrected chi connectivity index (χ2v) is 8.64. The highest BCUT2D eigenvalue weighted by molar-refractivity contribution is 5.74. The highest BCUT2D eigenvalue weighted by Gasteiger charge is 2.15. The lowest BCUT2D eigenvalue weighted by atomic mass is 9.84. The van der Waals surface area contributed by atoms with E-state index in [-0.39, 0.29) is 12.5 Å². The van der Waals surface area contributed by atoms with Gasteiger partial charge in [-0.2, -0.15) is 0 Å². The van der Waals surface area contributed by atoms with E-state index in [1.54, 1.807) is 0 Å². The number of amides is 1. The molecule has 1 saturated carbocycles. The number of nitrogens with zero attached hydrogens (tertiary/aromatic N) is 2. The summed E-state index contributed by atoms with van der Waals surface area (Å²) in [5.74, 6) is 0.483. The first-order chi connectivity index (χ1) is 14.5. The number of hydrogen-bond acceptors (Lipinski definition) is 4. The maximum Gasteiger partial charge on any atom is 0.246 e. The van der Waals surface area contributed by atoms with Crippen LogP contribution in [0, 0.1) is 0 Å². The Hall–Kier alpha value is -2.37. The van der Waals surface area contributed by atoms with Gasteiger partial charge < -0.3 is 10.2 Å². The van der Waals surface area contributed by atoms with Crippen molar-refractivity contribution in [3.8, 4) is 0 Å². The molecule has 162 valence electrons. The summed E-state index contributed by atoms with van der Waals surface area (Å²) in [7, 11) is 3.95. The van der Waals surface area contributed by atoms with E-state index in [0.29, 0.717) is 6.42 Å². The van der Waals surface area contributed by atoms with E-state index >= 15 is 0 Å². The first-order valence-corrected chi connectivity index (χ1v) is 11.1. The summed E-state index contributed by atoms with van der Waals surface area (Å²) in [4.78, 5) is 14.1. The summed E-state index contributed by atoms with van der Waals surface area (Å²) < 4.78 is 0. The lowest BCUT2D eigenvalue weighted by Crippen LogP contribution is -2.27. The number of carbonyl (C=O) groups is 1. The first-order valence-electron chi connectivity index (χ1n) is 11.1. The van der Waals surface area contributed by atoms with Gasteiger partial charge in [-0.15, -0.1) is 0 Å². The molecule has 2 aromatic rings. The molecular weight excluding hydrogens is 374 g/mol. The molecule has 0 unspecified atom stereocenters. The molecule has 2 N–H and O–H groups in total. The van der Waals surface area contributed by atoms with Crippen molar-refractivity contribution in [2.75, 3.05) is 26.0 Å². The minimum absolute atomic E-state index is 0.206. The Balaban J connectivity index is 1.48. The van der Waals surface area contributed by atoms with Crippen LogP contribution in [-0.4, -0.2) is 41.7 Å². The van der Waals surface area contributed by atoms with E-state index < -0.39 is 0 Å². The molecule has 30 heavy (non-hydrogen) atoms. The zero-order valence-corrected chi connectivity index (χ0v) is 18.3. The minimum atomic E-state index is -0.239. The van der Waals surface area contributed by atoms with E-state index in [0.717, 1.165) is 40.9 Å². The van der Waals surface area contributed by atoms with Crippen molar-refractivity contribution in [3.63, 3.8) is 0 Å². The van der Waals surface area contributed by atoms with Gasteiger partial charge in [0.15, 0.2) is 0 Å². The lowest BCUT2D eigenvalue weighted by Gasteiger charge is -2.22. The van der Waals surface area contributed by atoms with Crippen LogP contribution in [0.3, 0.4) is 0 Å². The molecule has 0 aliphatic heterocycles. The zero-order valence-electron chi connectivity index (χ0n) is 18.3. The highest BCUT2D eigenvalue weighted by atomic mass is 16.5. The molecule has 1 fully saturated rings. The van der Waals surface area contributed by atoms with E-state index in [2.05, 4.69) is 29.6 Å². The van der Waals surface area contributed by atoms with Gasteiger partial charge in [0.25, 0.3) is 0 Å². The molecule has 0 saturated heterocycles. The fraction of sp³-hybridized carbons (Fsp3) is 0.480. The van der Waals surface area contributed by atoms with Gasteiger partial charge in [-0.05, 0) is 81.2 Å². The molecule has 0 radical (unpaired) electrons. The third-order valence-corrected chi connectivity index (χ3v) is 5.85. The molecule has 0 heterocycles. The van der Waals surface area contributed by atoms with Crippen LogP contribution in [0.25, 0.3) is 0 Å². The predicted molar refractivity (Wildman–Crippen MR) is 122 cm³/mol. The van der Waals surface area contributed by atoms with Crippen molar-refractivity contribution in [2.45, 2.75) is 57.4 Å². The fourth-order valence-corrected chi connectivity index (χ4v) is 4.07. The van der Waals surface area contributed by atoms with E-state index in [9.17, 15) is 10.0 Å². The topological polar surface area (TPSA) is 55.8 Å².